The first-order valence-electron chi connectivity index (χ1n) is 10.2. The van der Waals surface area contributed by atoms with E-state index < -0.39 is 11.2 Å². The average molecular weight is 445 g/mol. The van der Waals surface area contributed by atoms with E-state index in [0.717, 1.165) is 5.71 Å². The van der Waals surface area contributed by atoms with Crippen LogP contribution in [0, 0.1) is 0 Å². The Kier molecular flexibility index (Phi) is 5.72. The number of fused-ring (bicyclic) bond motifs is 3. The highest BCUT2D eigenvalue weighted by molar-refractivity contribution is 6.31. The van der Waals surface area contributed by atoms with Crippen molar-refractivity contribution in [3.05, 3.63) is 55.7 Å². The van der Waals surface area contributed by atoms with Gasteiger partial charge >= 0.3 is 5.69 Å². The van der Waals surface area contributed by atoms with Gasteiger partial charge in [-0.05, 0) is 32.4 Å². The molecule has 0 aliphatic carbocycles. The van der Waals surface area contributed by atoms with Crippen LogP contribution in [0.2, 0.25) is 5.02 Å². The van der Waals surface area contributed by atoms with Crippen LogP contribution in [0.5, 0.6) is 0 Å². The zero-order valence-corrected chi connectivity index (χ0v) is 18.8. The molecule has 0 bridgehead atoms. The van der Waals surface area contributed by atoms with Crippen molar-refractivity contribution in [3.63, 3.8) is 0 Å². The third kappa shape index (κ3) is 3.57. The fourth-order valence-electron chi connectivity index (χ4n) is 3.76. The van der Waals surface area contributed by atoms with E-state index in [9.17, 15) is 9.59 Å². The lowest BCUT2D eigenvalue weighted by Gasteiger charge is -2.29. The smallest absolute Gasteiger partial charge is 0.332 e. The number of aromatic nitrogens is 4. The van der Waals surface area contributed by atoms with Crippen LogP contribution in [-0.2, 0) is 18.3 Å². The molecule has 31 heavy (non-hydrogen) atoms. The largest absolute Gasteiger partial charge is 0.380 e. The van der Waals surface area contributed by atoms with E-state index in [1.807, 2.05) is 37.5 Å². The van der Waals surface area contributed by atoms with E-state index >= 15 is 0 Å². The minimum Gasteiger partial charge on any atom is -0.380 e. The number of anilines is 1. The number of hydrogen-bond acceptors (Lipinski definition) is 6. The maximum atomic E-state index is 13.5. The number of hydrazone groups is 1. The van der Waals surface area contributed by atoms with Crippen molar-refractivity contribution in [2.45, 2.75) is 33.4 Å². The lowest BCUT2D eigenvalue weighted by atomic mass is 10.2. The van der Waals surface area contributed by atoms with Gasteiger partial charge in [0.2, 0.25) is 5.95 Å². The molecule has 1 aromatic carbocycles. The van der Waals surface area contributed by atoms with E-state index in [1.54, 1.807) is 24.2 Å². The number of hydrogen-bond donors (Lipinski definition) is 0. The number of rotatable bonds is 6. The second kappa shape index (κ2) is 8.32. The SMILES string of the molecule is CCOCCN1N=C(C)C(C)n2c1nc1c2c(=O)n(Cc2ccccc2Cl)c(=O)n1C. The number of benzene rings is 1. The summed E-state index contributed by atoms with van der Waals surface area (Å²) >= 11 is 6.28. The Morgan fingerprint density at radius 2 is 1.97 bits per heavy atom. The minimum atomic E-state index is -0.445. The van der Waals surface area contributed by atoms with Crippen molar-refractivity contribution in [3.8, 4) is 0 Å². The molecule has 1 unspecified atom stereocenters. The van der Waals surface area contributed by atoms with Gasteiger partial charge in [-0.15, -0.1) is 0 Å². The number of aryl methyl sites for hydroxylation is 1. The van der Waals surface area contributed by atoms with Crippen LogP contribution in [-0.4, -0.2) is 44.2 Å². The Labute approximate surface area is 184 Å². The van der Waals surface area contributed by atoms with Crippen LogP contribution < -0.4 is 16.3 Å². The predicted molar refractivity (Wildman–Crippen MR) is 121 cm³/mol. The van der Waals surface area contributed by atoms with E-state index in [2.05, 4.69) is 10.1 Å². The second-order valence-electron chi connectivity index (χ2n) is 7.52. The molecule has 1 aliphatic rings. The van der Waals surface area contributed by atoms with Crippen LogP contribution in [0.3, 0.4) is 0 Å². The standard InChI is InChI=1S/C21H25ClN6O3/c1-5-31-11-10-27-20-23-18-17(28(20)14(3)13(2)24-27)19(29)26(21(30)25(18)4)12-15-8-6-7-9-16(15)22/h6-9,14H,5,10-12H2,1-4H3. The van der Waals surface area contributed by atoms with Crippen molar-refractivity contribution in [2.24, 2.45) is 12.1 Å². The molecular formula is C21H25ClN6O3. The van der Waals surface area contributed by atoms with Gasteiger partial charge in [-0.1, -0.05) is 29.8 Å². The monoisotopic (exact) mass is 444 g/mol. The first-order valence-corrected chi connectivity index (χ1v) is 10.6. The summed E-state index contributed by atoms with van der Waals surface area (Å²) in [7, 11) is 1.62. The third-order valence-electron chi connectivity index (χ3n) is 5.60. The quantitative estimate of drug-likeness (QED) is 0.545. The molecule has 4 rings (SSSR count). The Bertz CT molecular complexity index is 1290. The first-order chi connectivity index (χ1) is 14.8. The zero-order chi connectivity index (χ0) is 22.3. The zero-order valence-electron chi connectivity index (χ0n) is 18.0. The predicted octanol–water partition coefficient (Wildman–Crippen LogP) is 2.39. The summed E-state index contributed by atoms with van der Waals surface area (Å²) in [6, 6.07) is 7.00. The summed E-state index contributed by atoms with van der Waals surface area (Å²) in [6.45, 7) is 7.45. The molecule has 0 saturated carbocycles. The van der Waals surface area contributed by atoms with Crippen molar-refractivity contribution in [1.29, 1.82) is 0 Å². The number of nitrogens with zero attached hydrogens (tertiary/aromatic N) is 6. The Morgan fingerprint density at radius 3 is 2.68 bits per heavy atom. The maximum Gasteiger partial charge on any atom is 0.332 e. The molecule has 0 saturated heterocycles. The maximum absolute atomic E-state index is 13.5. The number of ether oxygens (including phenoxy) is 1. The van der Waals surface area contributed by atoms with Gasteiger partial charge in [0.1, 0.15) is 0 Å². The van der Waals surface area contributed by atoms with E-state index in [1.165, 1.54) is 9.13 Å². The Morgan fingerprint density at radius 1 is 1.23 bits per heavy atom. The molecule has 1 atom stereocenters. The summed E-state index contributed by atoms with van der Waals surface area (Å²) in [6.07, 6.45) is 0. The van der Waals surface area contributed by atoms with Gasteiger partial charge in [0.25, 0.3) is 5.56 Å². The van der Waals surface area contributed by atoms with Crippen molar-refractivity contribution in [1.82, 2.24) is 18.7 Å². The fraction of sp³-hybridized carbons (Fsp3) is 0.429. The molecule has 0 spiro atoms. The van der Waals surface area contributed by atoms with Gasteiger partial charge in [0.05, 0.1) is 31.4 Å². The number of imidazole rings is 1. The van der Waals surface area contributed by atoms with Gasteiger partial charge in [-0.2, -0.15) is 10.1 Å². The highest BCUT2D eigenvalue weighted by Gasteiger charge is 2.30. The Balaban J connectivity index is 1.91. The minimum absolute atomic E-state index is 0.0805. The first kappa shape index (κ1) is 21.3. The fourth-order valence-corrected chi connectivity index (χ4v) is 3.96. The molecule has 0 radical (unpaired) electrons. The molecular weight excluding hydrogens is 420 g/mol. The average Bonchev–Trinajstić information content (AvgIpc) is 3.16. The highest BCUT2D eigenvalue weighted by atomic mass is 35.5. The van der Waals surface area contributed by atoms with Crippen LogP contribution >= 0.6 is 11.6 Å². The van der Waals surface area contributed by atoms with Gasteiger partial charge in [0.15, 0.2) is 11.2 Å². The highest BCUT2D eigenvalue weighted by Crippen LogP contribution is 2.29. The summed E-state index contributed by atoms with van der Waals surface area (Å²) < 4.78 is 9.93. The molecule has 9 nitrogen and oxygen atoms in total. The molecule has 3 heterocycles. The van der Waals surface area contributed by atoms with Gasteiger partial charge in [-0.3, -0.25) is 18.5 Å². The molecule has 0 amide bonds. The van der Waals surface area contributed by atoms with Crippen LogP contribution in [0.25, 0.3) is 11.2 Å². The molecule has 10 heteroatoms. The van der Waals surface area contributed by atoms with Crippen molar-refractivity contribution >= 4 is 34.4 Å². The summed E-state index contributed by atoms with van der Waals surface area (Å²) in [5.41, 5.74) is 1.40. The lowest BCUT2D eigenvalue weighted by Crippen LogP contribution is -2.40. The van der Waals surface area contributed by atoms with Crippen LogP contribution in [0.15, 0.2) is 39.0 Å². The molecule has 2 aromatic heterocycles. The topological polar surface area (TPSA) is 86.7 Å². The van der Waals surface area contributed by atoms with E-state index in [-0.39, 0.29) is 12.6 Å². The van der Waals surface area contributed by atoms with Crippen LogP contribution in [0.1, 0.15) is 32.4 Å². The molecule has 164 valence electrons. The van der Waals surface area contributed by atoms with Gasteiger partial charge in [-0.25, -0.2) is 9.80 Å². The third-order valence-corrected chi connectivity index (χ3v) is 5.97. The number of halogens is 1. The Hall–Kier alpha value is -2.91. The second-order valence-corrected chi connectivity index (χ2v) is 7.92. The molecule has 0 N–H and O–H groups in total. The van der Waals surface area contributed by atoms with Gasteiger partial charge < -0.3 is 4.74 Å². The van der Waals surface area contributed by atoms with E-state index in [4.69, 9.17) is 16.3 Å². The lowest BCUT2D eigenvalue weighted by molar-refractivity contribution is 0.153. The molecule has 1 aliphatic heterocycles. The van der Waals surface area contributed by atoms with Crippen molar-refractivity contribution in [2.75, 3.05) is 24.8 Å². The molecule has 0 fully saturated rings. The summed E-state index contributed by atoms with van der Waals surface area (Å²) in [5, 5.41) is 6.86. The van der Waals surface area contributed by atoms with Crippen molar-refractivity contribution < 1.29 is 4.74 Å². The van der Waals surface area contributed by atoms with E-state index in [0.29, 0.717) is 47.5 Å². The van der Waals surface area contributed by atoms with Gasteiger partial charge in [0, 0.05) is 18.7 Å². The molecule has 3 aromatic rings. The summed E-state index contributed by atoms with van der Waals surface area (Å²) in [4.78, 5) is 31.2. The summed E-state index contributed by atoms with van der Waals surface area (Å²) in [5.74, 6) is 0.524. The van der Waals surface area contributed by atoms with Crippen LogP contribution in [0.4, 0.5) is 5.95 Å². The normalized spacial score (nSPS) is 16.0.